The lowest BCUT2D eigenvalue weighted by Crippen LogP contribution is -1.85. The van der Waals surface area contributed by atoms with Crippen LogP contribution in [-0.2, 0) is 9.47 Å². The van der Waals surface area contributed by atoms with Gasteiger partial charge in [-0.05, 0) is 27.7 Å². The van der Waals surface area contributed by atoms with Crippen LogP contribution in [0.25, 0.3) is 0 Å². The topological polar surface area (TPSA) is 99.4 Å². The van der Waals surface area contributed by atoms with Gasteiger partial charge in [-0.15, -0.1) is 26.3 Å². The molecule has 0 atom stereocenters. The van der Waals surface area contributed by atoms with Gasteiger partial charge in [0.2, 0.25) is 0 Å². The van der Waals surface area contributed by atoms with Crippen molar-refractivity contribution in [2.75, 3.05) is 26.4 Å². The van der Waals surface area contributed by atoms with Crippen LogP contribution in [0.1, 0.15) is 27.7 Å². The monoisotopic (exact) mass is 432 g/mol. The van der Waals surface area contributed by atoms with E-state index in [2.05, 4.69) is 62.1 Å². The average Bonchev–Trinajstić information content (AvgIpc) is 2.72. The third-order valence-electron chi connectivity index (χ3n) is 0.585. The lowest BCUT2D eigenvalue weighted by atomic mass is 10.8. The lowest BCUT2D eigenvalue weighted by Gasteiger charge is -1.76. The summed E-state index contributed by atoms with van der Waals surface area (Å²) in [7, 11) is 0. The molecular formula is C24H48O6. The Balaban J connectivity index is -0.0000000311. The highest BCUT2D eigenvalue weighted by Gasteiger charge is 1.58. The van der Waals surface area contributed by atoms with Crippen LogP contribution in [0.15, 0.2) is 102 Å². The van der Waals surface area contributed by atoms with Gasteiger partial charge < -0.3 is 29.9 Å². The third-order valence-corrected chi connectivity index (χ3v) is 0.585. The van der Waals surface area contributed by atoms with Crippen molar-refractivity contribution in [1.29, 1.82) is 0 Å². The molecule has 0 aliphatic carbocycles. The molecule has 0 aromatic heterocycles. The van der Waals surface area contributed by atoms with Gasteiger partial charge in [0.15, 0.2) is 0 Å². The van der Waals surface area contributed by atoms with E-state index in [1.165, 1.54) is 25.0 Å². The Labute approximate surface area is 186 Å². The van der Waals surface area contributed by atoms with E-state index in [9.17, 15) is 0 Å². The second kappa shape index (κ2) is 131. The number of hydrogen-bond acceptors (Lipinski definition) is 6. The van der Waals surface area contributed by atoms with Crippen LogP contribution in [0.3, 0.4) is 0 Å². The maximum absolute atomic E-state index is 7.62. The Morgan fingerprint density at radius 3 is 0.533 bits per heavy atom. The number of aliphatic hydroxyl groups excluding tert-OH is 4. The first-order valence-corrected chi connectivity index (χ1v) is 8.78. The van der Waals surface area contributed by atoms with Crippen LogP contribution in [0.2, 0.25) is 0 Å². The summed E-state index contributed by atoms with van der Waals surface area (Å²) in [6, 6.07) is 0. The van der Waals surface area contributed by atoms with Gasteiger partial charge >= 0.3 is 0 Å². The molecule has 0 rings (SSSR count). The van der Waals surface area contributed by atoms with Crippen molar-refractivity contribution >= 4 is 0 Å². The van der Waals surface area contributed by atoms with Gasteiger partial charge in [0.05, 0.1) is 51.5 Å². The van der Waals surface area contributed by atoms with Crippen molar-refractivity contribution in [2.45, 2.75) is 27.7 Å². The Kier molecular flexibility index (Phi) is 222. The molecule has 0 bridgehead atoms. The van der Waals surface area contributed by atoms with Gasteiger partial charge in [0.1, 0.15) is 0 Å². The first-order chi connectivity index (χ1) is 14.3. The van der Waals surface area contributed by atoms with Crippen LogP contribution in [0, 0.1) is 0 Å². The van der Waals surface area contributed by atoms with Crippen molar-refractivity contribution < 1.29 is 29.9 Å². The van der Waals surface area contributed by atoms with Crippen molar-refractivity contribution in [3.8, 4) is 0 Å². The summed E-state index contributed by atoms with van der Waals surface area (Å²) in [5, 5.41) is 30.5. The molecule has 0 heterocycles. The Morgan fingerprint density at radius 1 is 0.433 bits per heavy atom. The van der Waals surface area contributed by atoms with E-state index in [1.54, 1.807) is 24.3 Å². The highest BCUT2D eigenvalue weighted by molar-refractivity contribution is 4.57. The molecule has 6 heteroatoms. The van der Waals surface area contributed by atoms with Crippen LogP contribution in [0.5, 0.6) is 0 Å². The van der Waals surface area contributed by atoms with Crippen molar-refractivity contribution in [3.63, 3.8) is 0 Å². The molecule has 0 radical (unpaired) electrons. The summed E-state index contributed by atoms with van der Waals surface area (Å²) in [5.74, 6) is 0. The minimum absolute atomic E-state index is 0.125. The zero-order valence-corrected chi connectivity index (χ0v) is 19.7. The smallest absolute Gasteiger partial charge is 0.0829 e. The SMILES string of the molecule is C=CC.C=CC.C=CC.C=CC.C=COC=C.C=COC=C.OCCO.OCCO. The normalized spacial score (nSPS) is 5.60. The van der Waals surface area contributed by atoms with E-state index in [1.807, 2.05) is 27.7 Å². The first kappa shape index (κ1) is 50.7. The van der Waals surface area contributed by atoms with Gasteiger partial charge in [-0.1, -0.05) is 50.6 Å². The first-order valence-electron chi connectivity index (χ1n) is 8.78. The second-order valence-electron chi connectivity index (χ2n) is 3.47. The second-order valence-corrected chi connectivity index (χ2v) is 3.47. The van der Waals surface area contributed by atoms with Crippen LogP contribution >= 0.6 is 0 Å². The number of rotatable bonds is 6. The van der Waals surface area contributed by atoms with E-state index in [4.69, 9.17) is 20.4 Å². The molecular weight excluding hydrogens is 384 g/mol. The molecule has 180 valence electrons. The van der Waals surface area contributed by atoms with E-state index in [0.717, 1.165) is 0 Å². The maximum atomic E-state index is 7.62. The van der Waals surface area contributed by atoms with Crippen LogP contribution < -0.4 is 0 Å². The van der Waals surface area contributed by atoms with Gasteiger partial charge in [0, 0.05) is 0 Å². The highest BCUT2D eigenvalue weighted by Crippen LogP contribution is 1.66. The fraction of sp³-hybridized carbons (Fsp3) is 0.333. The molecule has 4 N–H and O–H groups in total. The molecule has 0 saturated heterocycles. The molecule has 0 saturated carbocycles. The maximum Gasteiger partial charge on any atom is 0.0829 e. The molecule has 0 aliphatic heterocycles. The van der Waals surface area contributed by atoms with Crippen molar-refractivity contribution in [3.05, 3.63) is 102 Å². The molecule has 0 spiro atoms. The zero-order chi connectivity index (χ0) is 25.9. The van der Waals surface area contributed by atoms with E-state index >= 15 is 0 Å². The van der Waals surface area contributed by atoms with Gasteiger partial charge in [-0.3, -0.25) is 0 Å². The Morgan fingerprint density at radius 2 is 0.533 bits per heavy atom. The predicted molar refractivity (Wildman–Crippen MR) is 135 cm³/mol. The molecule has 0 aliphatic rings. The standard InChI is InChI=1S/2C4H6O.4C3H6.2C2H6O2/c2*1-3-5-4-2;4*1-3-2;2*3-1-2-4/h2*3-4H,1-2H2;4*3H,1H2,2H3;2*3-4H,1-2H2. The summed E-state index contributed by atoms with van der Waals surface area (Å²) >= 11 is 0. The largest absolute Gasteiger partial charge is 0.474 e. The van der Waals surface area contributed by atoms with Gasteiger partial charge in [-0.25, -0.2) is 0 Å². The lowest BCUT2D eigenvalue weighted by molar-refractivity contribution is 0.186. The Bertz CT molecular complexity index is 242. The fourth-order valence-corrected chi connectivity index (χ4v) is 0.136. The zero-order valence-electron chi connectivity index (χ0n) is 19.7. The fourth-order valence-electron chi connectivity index (χ4n) is 0.136. The van der Waals surface area contributed by atoms with E-state index in [0.29, 0.717) is 0 Å². The highest BCUT2D eigenvalue weighted by atomic mass is 16.5. The molecule has 6 nitrogen and oxygen atoms in total. The average molecular weight is 433 g/mol. The minimum atomic E-state index is -0.125. The van der Waals surface area contributed by atoms with Crippen molar-refractivity contribution in [1.82, 2.24) is 0 Å². The number of aliphatic hydroxyl groups is 4. The van der Waals surface area contributed by atoms with Crippen LogP contribution in [-0.4, -0.2) is 46.9 Å². The van der Waals surface area contributed by atoms with Crippen molar-refractivity contribution in [2.24, 2.45) is 0 Å². The summed E-state index contributed by atoms with van der Waals surface area (Å²) < 4.78 is 8.72. The van der Waals surface area contributed by atoms with E-state index < -0.39 is 0 Å². The number of ether oxygens (including phenoxy) is 2. The predicted octanol–water partition coefficient (Wildman–Crippen LogP) is 5.29. The number of hydrogen-bond donors (Lipinski definition) is 4. The summed E-state index contributed by atoms with van der Waals surface area (Å²) in [6.45, 7) is 33.5. The summed E-state index contributed by atoms with van der Waals surface area (Å²) in [5.41, 5.74) is 0. The summed E-state index contributed by atoms with van der Waals surface area (Å²) in [4.78, 5) is 0. The van der Waals surface area contributed by atoms with Gasteiger partial charge in [0.25, 0.3) is 0 Å². The molecule has 0 aromatic rings. The third kappa shape index (κ3) is 1330. The molecule has 0 unspecified atom stereocenters. The minimum Gasteiger partial charge on any atom is -0.474 e. The molecule has 30 heavy (non-hydrogen) atoms. The van der Waals surface area contributed by atoms with Gasteiger partial charge in [-0.2, -0.15) is 0 Å². The number of allylic oxidation sites excluding steroid dienone is 4. The molecule has 0 aromatic carbocycles. The summed E-state index contributed by atoms with van der Waals surface area (Å²) in [6.07, 6.45) is 12.2. The quantitative estimate of drug-likeness (QED) is 0.336. The Hall–Kier alpha value is -2.64. The van der Waals surface area contributed by atoms with E-state index in [-0.39, 0.29) is 26.4 Å². The molecule has 0 fully saturated rings. The molecule has 0 amide bonds. The van der Waals surface area contributed by atoms with Crippen LogP contribution in [0.4, 0.5) is 0 Å².